The maximum absolute atomic E-state index is 5.87. The topological polar surface area (TPSA) is 43.8 Å². The Hall–Kier alpha value is -2.43. The number of hydrogen-bond acceptors (Lipinski definition) is 5. The van der Waals surface area contributed by atoms with Gasteiger partial charge in [-0.1, -0.05) is 0 Å². The van der Waals surface area contributed by atoms with Crippen molar-refractivity contribution in [1.29, 1.82) is 0 Å². The number of rotatable bonds is 4. The van der Waals surface area contributed by atoms with Gasteiger partial charge in [0, 0.05) is 30.5 Å². The fourth-order valence-corrected chi connectivity index (χ4v) is 3.07. The van der Waals surface area contributed by atoms with Crippen molar-refractivity contribution in [2.75, 3.05) is 24.8 Å². The summed E-state index contributed by atoms with van der Waals surface area (Å²) in [5.74, 6) is 2.26. The Morgan fingerprint density at radius 3 is 2.78 bits per heavy atom. The maximum atomic E-state index is 5.87. The highest BCUT2D eigenvalue weighted by atomic mass is 16.7. The summed E-state index contributed by atoms with van der Waals surface area (Å²) in [7, 11) is 0. The number of benzene rings is 1. The molecular weight excluding hydrogens is 292 g/mol. The zero-order valence-corrected chi connectivity index (χ0v) is 13.2. The lowest BCUT2D eigenvalue weighted by Gasteiger charge is -2.19. The number of hydrogen-bond donors (Lipinski definition) is 0. The Morgan fingerprint density at radius 1 is 1.09 bits per heavy atom. The summed E-state index contributed by atoms with van der Waals surface area (Å²) in [5.41, 5.74) is 3.22. The summed E-state index contributed by atoms with van der Waals surface area (Å²) < 4.78 is 16.6. The molecule has 0 radical (unpaired) electrons. The van der Waals surface area contributed by atoms with Crippen LogP contribution >= 0.6 is 0 Å². The molecule has 1 aromatic carbocycles. The van der Waals surface area contributed by atoms with Crippen LogP contribution in [0.25, 0.3) is 0 Å². The minimum Gasteiger partial charge on any atom is -0.487 e. The van der Waals surface area contributed by atoms with E-state index < -0.39 is 0 Å². The van der Waals surface area contributed by atoms with Crippen LogP contribution in [0.5, 0.6) is 17.2 Å². The van der Waals surface area contributed by atoms with Gasteiger partial charge in [-0.3, -0.25) is 4.98 Å². The highest BCUT2D eigenvalue weighted by Crippen LogP contribution is 2.35. The van der Waals surface area contributed by atoms with Crippen molar-refractivity contribution >= 4 is 5.69 Å². The van der Waals surface area contributed by atoms with E-state index >= 15 is 0 Å². The van der Waals surface area contributed by atoms with Gasteiger partial charge in [-0.05, 0) is 44.0 Å². The summed E-state index contributed by atoms with van der Waals surface area (Å²) in [6.07, 6.45) is 2.54. The number of aryl methyl sites for hydroxylation is 1. The monoisotopic (exact) mass is 312 g/mol. The Bertz CT molecular complexity index is 711. The molecule has 120 valence electrons. The Labute approximate surface area is 135 Å². The van der Waals surface area contributed by atoms with Gasteiger partial charge in [-0.25, -0.2) is 0 Å². The highest BCUT2D eigenvalue weighted by Gasteiger charge is 2.15. The van der Waals surface area contributed by atoms with Crippen molar-refractivity contribution < 1.29 is 14.2 Å². The molecule has 1 fully saturated rings. The van der Waals surface area contributed by atoms with E-state index in [1.165, 1.54) is 18.5 Å². The van der Waals surface area contributed by atoms with Crippen LogP contribution in [0.4, 0.5) is 5.69 Å². The van der Waals surface area contributed by atoms with Gasteiger partial charge < -0.3 is 19.1 Å². The molecule has 0 unspecified atom stereocenters. The van der Waals surface area contributed by atoms with Crippen LogP contribution in [0.2, 0.25) is 0 Å². The Morgan fingerprint density at radius 2 is 1.91 bits per heavy atom. The second-order valence-corrected chi connectivity index (χ2v) is 5.96. The van der Waals surface area contributed by atoms with Crippen LogP contribution in [0.1, 0.15) is 24.2 Å². The summed E-state index contributed by atoms with van der Waals surface area (Å²) in [4.78, 5) is 7.00. The number of pyridine rings is 1. The average Bonchev–Trinajstić information content (AvgIpc) is 3.23. The van der Waals surface area contributed by atoms with Gasteiger partial charge in [-0.15, -0.1) is 0 Å². The first-order valence-corrected chi connectivity index (χ1v) is 8.03. The van der Waals surface area contributed by atoms with Crippen LogP contribution in [-0.4, -0.2) is 24.9 Å². The van der Waals surface area contributed by atoms with Gasteiger partial charge in [0.05, 0.1) is 5.69 Å². The van der Waals surface area contributed by atoms with Gasteiger partial charge in [0.25, 0.3) is 0 Å². The SMILES string of the molecule is Cc1cc(N2CCCC2)cc(COc2ccc3c(c2)OCO3)n1. The molecule has 0 bridgehead atoms. The molecule has 0 aliphatic carbocycles. The Balaban J connectivity index is 1.48. The number of nitrogens with zero attached hydrogens (tertiary/aromatic N) is 2. The molecule has 0 spiro atoms. The minimum absolute atomic E-state index is 0.275. The smallest absolute Gasteiger partial charge is 0.231 e. The van der Waals surface area contributed by atoms with Crippen LogP contribution < -0.4 is 19.1 Å². The van der Waals surface area contributed by atoms with E-state index in [1.54, 1.807) is 0 Å². The lowest BCUT2D eigenvalue weighted by molar-refractivity contribution is 0.173. The third-order valence-electron chi connectivity index (χ3n) is 4.19. The lowest BCUT2D eigenvalue weighted by Crippen LogP contribution is -2.18. The number of fused-ring (bicyclic) bond motifs is 1. The van der Waals surface area contributed by atoms with Gasteiger partial charge in [0.2, 0.25) is 6.79 Å². The first-order chi connectivity index (χ1) is 11.3. The fourth-order valence-electron chi connectivity index (χ4n) is 3.07. The predicted molar refractivity (Wildman–Crippen MR) is 87.3 cm³/mol. The first kappa shape index (κ1) is 14.2. The van der Waals surface area contributed by atoms with Crippen LogP contribution in [-0.2, 0) is 6.61 Å². The van der Waals surface area contributed by atoms with Crippen molar-refractivity contribution in [3.8, 4) is 17.2 Å². The summed E-state index contributed by atoms with van der Waals surface area (Å²) in [6, 6.07) is 9.90. The molecule has 1 aromatic heterocycles. The maximum Gasteiger partial charge on any atom is 0.231 e. The molecule has 0 amide bonds. The molecule has 0 atom stereocenters. The highest BCUT2D eigenvalue weighted by molar-refractivity contribution is 5.49. The molecular formula is C18H20N2O3. The summed E-state index contributed by atoms with van der Waals surface area (Å²) >= 11 is 0. The molecule has 2 aromatic rings. The molecule has 0 N–H and O–H groups in total. The molecule has 23 heavy (non-hydrogen) atoms. The normalized spacial score (nSPS) is 16.0. The second kappa shape index (κ2) is 5.99. The molecule has 5 heteroatoms. The molecule has 4 rings (SSSR count). The molecule has 0 saturated carbocycles. The third kappa shape index (κ3) is 3.04. The van der Waals surface area contributed by atoms with Crippen molar-refractivity contribution in [3.05, 3.63) is 41.7 Å². The van der Waals surface area contributed by atoms with E-state index in [-0.39, 0.29) is 6.79 Å². The minimum atomic E-state index is 0.275. The molecule has 2 aliphatic heterocycles. The quantitative estimate of drug-likeness (QED) is 0.866. The number of ether oxygens (including phenoxy) is 3. The molecule has 2 aliphatic rings. The fraction of sp³-hybridized carbons (Fsp3) is 0.389. The van der Waals surface area contributed by atoms with Crippen LogP contribution in [0.15, 0.2) is 30.3 Å². The van der Waals surface area contributed by atoms with E-state index in [2.05, 4.69) is 22.0 Å². The zero-order valence-electron chi connectivity index (χ0n) is 13.2. The number of aromatic nitrogens is 1. The van der Waals surface area contributed by atoms with Crippen molar-refractivity contribution in [1.82, 2.24) is 4.98 Å². The number of anilines is 1. The zero-order chi connectivity index (χ0) is 15.6. The third-order valence-corrected chi connectivity index (χ3v) is 4.19. The second-order valence-electron chi connectivity index (χ2n) is 5.96. The van der Waals surface area contributed by atoms with Crippen molar-refractivity contribution in [2.45, 2.75) is 26.4 Å². The van der Waals surface area contributed by atoms with Gasteiger partial charge in [-0.2, -0.15) is 0 Å². The molecule has 1 saturated heterocycles. The van der Waals surface area contributed by atoms with E-state index in [1.807, 2.05) is 25.1 Å². The summed E-state index contributed by atoms with van der Waals surface area (Å²) in [5, 5.41) is 0. The van der Waals surface area contributed by atoms with E-state index in [0.29, 0.717) is 6.61 Å². The largest absolute Gasteiger partial charge is 0.487 e. The van der Waals surface area contributed by atoms with Gasteiger partial charge >= 0.3 is 0 Å². The van der Waals surface area contributed by atoms with Crippen molar-refractivity contribution in [3.63, 3.8) is 0 Å². The van der Waals surface area contributed by atoms with E-state index in [0.717, 1.165) is 41.7 Å². The summed E-state index contributed by atoms with van der Waals surface area (Å²) in [6.45, 7) is 5.01. The predicted octanol–water partition coefficient (Wildman–Crippen LogP) is 3.30. The van der Waals surface area contributed by atoms with E-state index in [9.17, 15) is 0 Å². The molecule has 5 nitrogen and oxygen atoms in total. The standard InChI is InChI=1S/C18H20N2O3/c1-13-8-15(20-6-2-3-7-20)9-14(19-13)11-21-16-4-5-17-18(10-16)23-12-22-17/h4-5,8-10H,2-3,6-7,11-12H2,1H3. The molecule has 3 heterocycles. The van der Waals surface area contributed by atoms with Gasteiger partial charge in [0.1, 0.15) is 12.4 Å². The van der Waals surface area contributed by atoms with Crippen molar-refractivity contribution in [2.24, 2.45) is 0 Å². The average molecular weight is 312 g/mol. The van der Waals surface area contributed by atoms with Gasteiger partial charge in [0.15, 0.2) is 11.5 Å². The van der Waals surface area contributed by atoms with Crippen LogP contribution in [0, 0.1) is 6.92 Å². The first-order valence-electron chi connectivity index (χ1n) is 8.03. The lowest BCUT2D eigenvalue weighted by atomic mass is 10.2. The van der Waals surface area contributed by atoms with Crippen LogP contribution in [0.3, 0.4) is 0 Å². The Kier molecular flexibility index (Phi) is 3.69. The van der Waals surface area contributed by atoms with E-state index in [4.69, 9.17) is 14.2 Å².